The van der Waals surface area contributed by atoms with E-state index < -0.39 is 11.7 Å². The van der Waals surface area contributed by atoms with Gasteiger partial charge in [0.05, 0.1) is 12.0 Å². The molecule has 0 spiro atoms. The highest BCUT2D eigenvalue weighted by molar-refractivity contribution is 6.03. The van der Waals surface area contributed by atoms with Crippen LogP contribution in [0.4, 0.5) is 10.2 Å². The Labute approximate surface area is 217 Å². The normalized spacial score (nSPS) is 10.5. The lowest BCUT2D eigenvalue weighted by Gasteiger charge is -2.16. The summed E-state index contributed by atoms with van der Waals surface area (Å²) in [4.78, 5) is 29.8. The zero-order chi connectivity index (χ0) is 27.1. The number of nitrogens with zero attached hydrogens (tertiary/aromatic N) is 2. The minimum atomic E-state index is -0.617. The maximum Gasteiger partial charge on any atom is 0.292 e. The molecule has 0 fully saturated rings. The van der Waals surface area contributed by atoms with Crippen molar-refractivity contribution in [1.29, 1.82) is 5.26 Å². The van der Waals surface area contributed by atoms with Crippen molar-refractivity contribution < 1.29 is 27.9 Å². The van der Waals surface area contributed by atoms with Crippen LogP contribution >= 0.6 is 0 Å². The topological polar surface area (TPSA) is 126 Å². The zero-order valence-corrected chi connectivity index (χ0v) is 20.6. The van der Waals surface area contributed by atoms with Gasteiger partial charge in [0, 0.05) is 36.4 Å². The number of nitrogens with one attached hydrogen (secondary N) is 2. The highest BCUT2D eigenvalue weighted by Crippen LogP contribution is 2.36. The quantitative estimate of drug-likeness (QED) is 0.301. The molecule has 0 atom stereocenters. The van der Waals surface area contributed by atoms with Gasteiger partial charge in [0.15, 0.2) is 18.4 Å². The molecular weight excluding hydrogens is 491 g/mol. The van der Waals surface area contributed by atoms with Gasteiger partial charge in [0.1, 0.15) is 23.2 Å². The summed E-state index contributed by atoms with van der Waals surface area (Å²) in [6.45, 7) is 2.12. The molecular formula is C28H23FN4O5. The van der Waals surface area contributed by atoms with Crippen molar-refractivity contribution in [2.24, 2.45) is 0 Å². The molecule has 2 N–H and O–H groups in total. The number of carbonyl (C=O) groups excluding carboxylic acids is 2. The molecule has 2 aromatic carbocycles. The Morgan fingerprint density at radius 1 is 1.08 bits per heavy atom. The van der Waals surface area contributed by atoms with Crippen molar-refractivity contribution in [3.8, 4) is 34.2 Å². The van der Waals surface area contributed by atoms with Crippen LogP contribution in [0.15, 0.2) is 71.3 Å². The molecule has 0 aliphatic rings. The number of nitriles is 1. The van der Waals surface area contributed by atoms with Gasteiger partial charge in [-0.2, -0.15) is 5.26 Å². The Morgan fingerprint density at radius 2 is 1.92 bits per heavy atom. The van der Waals surface area contributed by atoms with Gasteiger partial charge in [-0.05, 0) is 55.0 Å². The predicted molar refractivity (Wildman–Crippen MR) is 137 cm³/mol. The van der Waals surface area contributed by atoms with E-state index in [1.807, 2.05) is 6.92 Å². The van der Waals surface area contributed by atoms with Gasteiger partial charge >= 0.3 is 0 Å². The molecule has 2 amide bonds. The van der Waals surface area contributed by atoms with Gasteiger partial charge in [0.2, 0.25) is 0 Å². The summed E-state index contributed by atoms with van der Waals surface area (Å²) in [7, 11) is 1.43. The van der Waals surface area contributed by atoms with Crippen molar-refractivity contribution in [1.82, 2.24) is 10.3 Å². The Hall–Kier alpha value is -5.01. The fourth-order valence-electron chi connectivity index (χ4n) is 3.73. The standard InChI is InChI=1S/C28H23FN4O5/c1-3-31-27(34)18-7-4-6-17(12-18)21-14-23(20-10-9-19(29)13-25(20)38-16-36-2)32-26(22(21)15-30)33-28(35)24-8-5-11-37-24/h4-14H,3,16H2,1-2H3,(H,31,34)(H,32,33,35). The van der Waals surface area contributed by atoms with Crippen LogP contribution < -0.4 is 15.4 Å². The number of aromatic nitrogens is 1. The summed E-state index contributed by atoms with van der Waals surface area (Å²) in [6.07, 6.45) is 1.35. The summed E-state index contributed by atoms with van der Waals surface area (Å²) < 4.78 is 29.7. The highest BCUT2D eigenvalue weighted by atomic mass is 19.1. The average molecular weight is 515 g/mol. The molecule has 2 heterocycles. The number of benzene rings is 2. The molecule has 0 aliphatic heterocycles. The Kier molecular flexibility index (Phi) is 8.10. The van der Waals surface area contributed by atoms with Gasteiger partial charge in [0.25, 0.3) is 11.8 Å². The van der Waals surface area contributed by atoms with E-state index >= 15 is 0 Å². The zero-order valence-electron chi connectivity index (χ0n) is 20.6. The lowest BCUT2D eigenvalue weighted by atomic mass is 9.96. The third kappa shape index (κ3) is 5.69. The van der Waals surface area contributed by atoms with E-state index in [-0.39, 0.29) is 41.3 Å². The third-order valence-electron chi connectivity index (χ3n) is 5.43. The number of amides is 2. The van der Waals surface area contributed by atoms with Crippen molar-refractivity contribution in [2.45, 2.75) is 6.92 Å². The van der Waals surface area contributed by atoms with Crippen LogP contribution in [0.1, 0.15) is 33.4 Å². The number of rotatable bonds is 9. The summed E-state index contributed by atoms with van der Waals surface area (Å²) >= 11 is 0. The first-order valence-electron chi connectivity index (χ1n) is 11.6. The molecule has 0 radical (unpaired) electrons. The highest BCUT2D eigenvalue weighted by Gasteiger charge is 2.21. The average Bonchev–Trinajstić information content (AvgIpc) is 3.47. The first-order chi connectivity index (χ1) is 18.4. The minimum absolute atomic E-state index is 0.0202. The van der Waals surface area contributed by atoms with Crippen LogP contribution in [0.25, 0.3) is 22.4 Å². The number of methoxy groups -OCH3 is 1. The predicted octanol–water partition coefficient (Wildman–Crippen LogP) is 5.00. The first-order valence-corrected chi connectivity index (χ1v) is 11.6. The van der Waals surface area contributed by atoms with E-state index in [1.54, 1.807) is 36.4 Å². The molecule has 38 heavy (non-hydrogen) atoms. The van der Waals surface area contributed by atoms with Crippen LogP contribution in [-0.4, -0.2) is 37.2 Å². The Balaban J connectivity index is 1.92. The first kappa shape index (κ1) is 26.1. The number of halogens is 1. The number of anilines is 1. The van der Waals surface area contributed by atoms with E-state index in [2.05, 4.69) is 21.7 Å². The molecule has 2 aromatic heterocycles. The summed E-state index contributed by atoms with van der Waals surface area (Å²) in [5.74, 6) is -1.31. The molecule has 4 aromatic rings. The fourth-order valence-corrected chi connectivity index (χ4v) is 3.73. The third-order valence-corrected chi connectivity index (χ3v) is 5.43. The molecule has 4 rings (SSSR count). The van der Waals surface area contributed by atoms with E-state index in [1.165, 1.54) is 37.6 Å². The van der Waals surface area contributed by atoms with Gasteiger partial charge in [-0.15, -0.1) is 0 Å². The van der Waals surface area contributed by atoms with E-state index in [0.717, 1.165) is 0 Å². The van der Waals surface area contributed by atoms with Crippen LogP contribution in [-0.2, 0) is 4.74 Å². The van der Waals surface area contributed by atoms with Crippen molar-refractivity contribution in [3.05, 3.63) is 89.6 Å². The number of pyridine rings is 1. The van der Waals surface area contributed by atoms with E-state index in [9.17, 15) is 19.2 Å². The summed E-state index contributed by atoms with van der Waals surface area (Å²) in [5, 5.41) is 15.5. The summed E-state index contributed by atoms with van der Waals surface area (Å²) in [5.41, 5.74) is 2.04. The van der Waals surface area contributed by atoms with Gasteiger partial charge in [-0.25, -0.2) is 9.37 Å². The monoisotopic (exact) mass is 514 g/mol. The molecule has 192 valence electrons. The largest absolute Gasteiger partial charge is 0.467 e. The Morgan fingerprint density at radius 3 is 2.63 bits per heavy atom. The van der Waals surface area contributed by atoms with Crippen LogP contribution in [0.3, 0.4) is 0 Å². The maximum atomic E-state index is 14.1. The number of ether oxygens (including phenoxy) is 2. The second kappa shape index (κ2) is 11.8. The van der Waals surface area contributed by atoms with Gasteiger partial charge < -0.3 is 24.5 Å². The molecule has 0 aliphatic carbocycles. The Bertz CT molecular complexity index is 1510. The summed E-state index contributed by atoms with van der Waals surface area (Å²) in [6, 6.07) is 17.4. The number of furan rings is 1. The smallest absolute Gasteiger partial charge is 0.292 e. The lowest BCUT2D eigenvalue weighted by molar-refractivity contribution is 0.0513. The van der Waals surface area contributed by atoms with Crippen molar-refractivity contribution in [2.75, 3.05) is 25.8 Å². The second-order valence-corrected chi connectivity index (χ2v) is 7.95. The van der Waals surface area contributed by atoms with Crippen LogP contribution in [0, 0.1) is 17.1 Å². The second-order valence-electron chi connectivity index (χ2n) is 7.95. The van der Waals surface area contributed by atoms with Crippen LogP contribution in [0.5, 0.6) is 5.75 Å². The number of hydrogen-bond donors (Lipinski definition) is 2. The van der Waals surface area contributed by atoms with Crippen molar-refractivity contribution in [3.63, 3.8) is 0 Å². The van der Waals surface area contributed by atoms with Gasteiger partial charge in [-0.3, -0.25) is 9.59 Å². The van der Waals surface area contributed by atoms with Gasteiger partial charge in [-0.1, -0.05) is 12.1 Å². The molecule has 0 unspecified atom stereocenters. The van der Waals surface area contributed by atoms with E-state index in [4.69, 9.17) is 13.9 Å². The number of hydrogen-bond acceptors (Lipinski definition) is 7. The fraction of sp³-hybridized carbons (Fsp3) is 0.143. The molecule has 9 nitrogen and oxygen atoms in total. The molecule has 0 saturated carbocycles. The molecule has 0 saturated heterocycles. The lowest BCUT2D eigenvalue weighted by Crippen LogP contribution is -2.22. The molecule has 0 bridgehead atoms. The molecule has 10 heteroatoms. The van der Waals surface area contributed by atoms with Crippen molar-refractivity contribution >= 4 is 17.6 Å². The maximum absolute atomic E-state index is 14.1. The van der Waals surface area contributed by atoms with E-state index in [0.29, 0.717) is 28.8 Å². The number of carbonyl (C=O) groups is 2. The SMILES string of the molecule is CCNC(=O)c1cccc(-c2cc(-c3ccc(F)cc3OCOC)nc(NC(=O)c3ccco3)c2C#N)c1. The van der Waals surface area contributed by atoms with Crippen LogP contribution in [0.2, 0.25) is 0 Å². The minimum Gasteiger partial charge on any atom is -0.467 e.